The summed E-state index contributed by atoms with van der Waals surface area (Å²) in [4.78, 5) is 11.6. The molecule has 0 aliphatic carbocycles. The summed E-state index contributed by atoms with van der Waals surface area (Å²) < 4.78 is 37.2. The summed E-state index contributed by atoms with van der Waals surface area (Å²) in [5, 5.41) is 15.0. The van der Waals surface area contributed by atoms with Crippen LogP contribution in [-0.2, 0) is 12.7 Å². The number of urea groups is 1. The van der Waals surface area contributed by atoms with E-state index in [0.717, 1.165) is 12.1 Å². The second-order valence-electron chi connectivity index (χ2n) is 5.74. The van der Waals surface area contributed by atoms with Crippen LogP contribution in [0, 0.1) is 5.92 Å². The van der Waals surface area contributed by atoms with Gasteiger partial charge in [0.2, 0.25) is 0 Å². The summed E-state index contributed by atoms with van der Waals surface area (Å²) in [7, 11) is 0. The number of hydrogen-bond donors (Lipinski definition) is 3. The molecule has 0 aromatic heterocycles. The van der Waals surface area contributed by atoms with Gasteiger partial charge < -0.3 is 15.7 Å². The third-order valence-electron chi connectivity index (χ3n) is 3.58. The minimum absolute atomic E-state index is 0.0253. The Bertz CT molecular complexity index is 497. The minimum Gasteiger partial charge on any atom is -0.388 e. The summed E-state index contributed by atoms with van der Waals surface area (Å²) in [6.07, 6.45) is -4.37. The SMILES string of the molecule is CC(C)C(C)(O)CNC(=O)NCc1ccc(C(F)(F)F)cc1. The maximum Gasteiger partial charge on any atom is 0.416 e. The number of nitrogens with one attached hydrogen (secondary N) is 2. The molecule has 0 saturated carbocycles. The number of carbonyl (C=O) groups is 1. The Morgan fingerprint density at radius 2 is 1.73 bits per heavy atom. The van der Waals surface area contributed by atoms with E-state index in [2.05, 4.69) is 10.6 Å². The van der Waals surface area contributed by atoms with Crippen LogP contribution in [0.25, 0.3) is 0 Å². The number of aliphatic hydroxyl groups is 1. The Labute approximate surface area is 127 Å². The largest absolute Gasteiger partial charge is 0.416 e. The van der Waals surface area contributed by atoms with Crippen molar-refractivity contribution in [1.29, 1.82) is 0 Å². The van der Waals surface area contributed by atoms with Crippen LogP contribution in [0.3, 0.4) is 0 Å². The van der Waals surface area contributed by atoms with E-state index in [4.69, 9.17) is 0 Å². The van der Waals surface area contributed by atoms with Crippen molar-refractivity contribution < 1.29 is 23.1 Å². The highest BCUT2D eigenvalue weighted by atomic mass is 19.4. The molecule has 0 fully saturated rings. The maximum atomic E-state index is 12.4. The van der Waals surface area contributed by atoms with Crippen molar-refractivity contribution in [3.05, 3.63) is 35.4 Å². The fourth-order valence-electron chi connectivity index (χ4n) is 1.52. The molecule has 1 aromatic rings. The summed E-state index contributed by atoms with van der Waals surface area (Å²) >= 11 is 0. The first-order valence-electron chi connectivity index (χ1n) is 6.92. The van der Waals surface area contributed by atoms with Gasteiger partial charge in [-0.25, -0.2) is 4.79 Å². The molecule has 0 spiro atoms. The van der Waals surface area contributed by atoms with Gasteiger partial charge in [0, 0.05) is 13.1 Å². The Balaban J connectivity index is 2.45. The predicted molar refractivity (Wildman–Crippen MR) is 77.1 cm³/mol. The molecule has 3 N–H and O–H groups in total. The molecule has 0 heterocycles. The third-order valence-corrected chi connectivity index (χ3v) is 3.58. The first-order chi connectivity index (χ1) is 10.0. The molecule has 1 rings (SSSR count). The third kappa shape index (κ3) is 5.55. The zero-order valence-electron chi connectivity index (χ0n) is 12.8. The fourth-order valence-corrected chi connectivity index (χ4v) is 1.52. The lowest BCUT2D eigenvalue weighted by Gasteiger charge is -2.27. The van der Waals surface area contributed by atoms with E-state index in [1.54, 1.807) is 6.92 Å². The summed E-state index contributed by atoms with van der Waals surface area (Å²) in [5.74, 6) is -0.0253. The van der Waals surface area contributed by atoms with Crippen LogP contribution in [0.1, 0.15) is 31.9 Å². The highest BCUT2D eigenvalue weighted by Gasteiger charge is 2.30. The first kappa shape index (κ1) is 18.3. The molecule has 0 aliphatic rings. The number of alkyl halides is 3. The van der Waals surface area contributed by atoms with Crippen LogP contribution in [0.2, 0.25) is 0 Å². The molecule has 124 valence electrons. The summed E-state index contributed by atoms with van der Waals surface area (Å²) in [6, 6.07) is 4.08. The van der Waals surface area contributed by atoms with E-state index < -0.39 is 23.4 Å². The lowest BCUT2D eigenvalue weighted by Crippen LogP contribution is -2.47. The van der Waals surface area contributed by atoms with Crippen molar-refractivity contribution in [1.82, 2.24) is 10.6 Å². The Kier molecular flexibility index (Phi) is 5.82. The van der Waals surface area contributed by atoms with Crippen LogP contribution in [0.15, 0.2) is 24.3 Å². The molecule has 0 radical (unpaired) electrons. The van der Waals surface area contributed by atoms with E-state index in [-0.39, 0.29) is 19.0 Å². The molecule has 4 nitrogen and oxygen atoms in total. The van der Waals surface area contributed by atoms with Gasteiger partial charge >= 0.3 is 12.2 Å². The minimum atomic E-state index is -4.37. The molecule has 1 aromatic carbocycles. The van der Waals surface area contributed by atoms with Crippen molar-refractivity contribution >= 4 is 6.03 Å². The van der Waals surface area contributed by atoms with Gasteiger partial charge in [0.15, 0.2) is 0 Å². The zero-order valence-corrected chi connectivity index (χ0v) is 12.8. The Morgan fingerprint density at radius 3 is 2.18 bits per heavy atom. The van der Waals surface area contributed by atoms with Gasteiger partial charge in [0.25, 0.3) is 0 Å². The topological polar surface area (TPSA) is 61.4 Å². The smallest absolute Gasteiger partial charge is 0.388 e. The number of amides is 2. The highest BCUT2D eigenvalue weighted by molar-refractivity contribution is 5.73. The van der Waals surface area contributed by atoms with Gasteiger partial charge in [0.1, 0.15) is 0 Å². The molecule has 0 saturated heterocycles. The Hall–Kier alpha value is -1.76. The number of rotatable bonds is 5. The Morgan fingerprint density at radius 1 is 1.18 bits per heavy atom. The van der Waals surface area contributed by atoms with Crippen molar-refractivity contribution in [3.63, 3.8) is 0 Å². The van der Waals surface area contributed by atoms with Gasteiger partial charge in [-0.1, -0.05) is 26.0 Å². The number of carbonyl (C=O) groups excluding carboxylic acids is 1. The predicted octanol–water partition coefficient (Wildman–Crippen LogP) is 2.91. The van der Waals surface area contributed by atoms with Gasteiger partial charge in [-0.2, -0.15) is 13.2 Å². The second kappa shape index (κ2) is 7.00. The summed E-state index contributed by atoms with van der Waals surface area (Å²) in [6.45, 7) is 5.48. The van der Waals surface area contributed by atoms with Crippen molar-refractivity contribution in [2.45, 2.75) is 39.1 Å². The van der Waals surface area contributed by atoms with Crippen LogP contribution < -0.4 is 10.6 Å². The van der Waals surface area contributed by atoms with Crippen LogP contribution >= 0.6 is 0 Å². The van der Waals surface area contributed by atoms with Gasteiger partial charge in [-0.15, -0.1) is 0 Å². The van der Waals surface area contributed by atoms with Crippen molar-refractivity contribution in [2.24, 2.45) is 5.92 Å². The molecular formula is C15H21F3N2O2. The molecule has 1 unspecified atom stereocenters. The molecule has 22 heavy (non-hydrogen) atoms. The highest BCUT2D eigenvalue weighted by Crippen LogP contribution is 2.29. The number of benzene rings is 1. The summed E-state index contributed by atoms with van der Waals surface area (Å²) in [5.41, 5.74) is -1.20. The molecule has 0 bridgehead atoms. The average molecular weight is 318 g/mol. The van der Waals surface area contributed by atoms with Gasteiger partial charge in [-0.3, -0.25) is 0 Å². The maximum absolute atomic E-state index is 12.4. The van der Waals surface area contributed by atoms with Gasteiger partial charge in [-0.05, 0) is 30.5 Å². The van der Waals surface area contributed by atoms with Crippen molar-refractivity contribution in [3.8, 4) is 0 Å². The van der Waals surface area contributed by atoms with E-state index >= 15 is 0 Å². The first-order valence-corrected chi connectivity index (χ1v) is 6.92. The lowest BCUT2D eigenvalue weighted by molar-refractivity contribution is -0.137. The molecule has 1 atom stereocenters. The van der Waals surface area contributed by atoms with Crippen molar-refractivity contribution in [2.75, 3.05) is 6.54 Å². The van der Waals surface area contributed by atoms with Crippen LogP contribution in [-0.4, -0.2) is 23.3 Å². The second-order valence-corrected chi connectivity index (χ2v) is 5.74. The number of hydrogen-bond acceptors (Lipinski definition) is 2. The van der Waals surface area contributed by atoms with Crippen LogP contribution in [0.4, 0.5) is 18.0 Å². The quantitative estimate of drug-likeness (QED) is 0.782. The van der Waals surface area contributed by atoms with E-state index in [9.17, 15) is 23.1 Å². The average Bonchev–Trinajstić information content (AvgIpc) is 2.42. The van der Waals surface area contributed by atoms with E-state index in [1.807, 2.05) is 13.8 Å². The van der Waals surface area contributed by atoms with Gasteiger partial charge in [0.05, 0.1) is 11.2 Å². The van der Waals surface area contributed by atoms with E-state index in [1.165, 1.54) is 12.1 Å². The molecular weight excluding hydrogens is 297 g/mol. The molecule has 0 aliphatic heterocycles. The standard InChI is InChI=1S/C15H21F3N2O2/c1-10(2)14(3,22)9-20-13(21)19-8-11-4-6-12(7-5-11)15(16,17)18/h4-7,10,22H,8-9H2,1-3H3,(H2,19,20,21). The fraction of sp³-hybridized carbons (Fsp3) is 0.533. The molecule has 2 amide bonds. The monoisotopic (exact) mass is 318 g/mol. The normalized spacial score (nSPS) is 14.5. The van der Waals surface area contributed by atoms with E-state index in [0.29, 0.717) is 5.56 Å². The van der Waals surface area contributed by atoms with Crippen LogP contribution in [0.5, 0.6) is 0 Å². The zero-order chi connectivity index (χ0) is 17.0. The number of halogens is 3. The molecule has 7 heteroatoms. The lowest BCUT2D eigenvalue weighted by atomic mass is 9.93.